The summed E-state index contributed by atoms with van der Waals surface area (Å²) in [5.74, 6) is 1.98. The SMILES string of the molecule is CC1(C)c2cc(-c3cccc(-c4nc(-c5ccccc5)nc(-c5ccccc5)n4)c3)ccc2-c2c(-c3ccccc3)sc(-c3ccccc3)c21. The number of rotatable bonds is 6. The molecule has 0 bridgehead atoms. The lowest BCUT2D eigenvalue weighted by atomic mass is 9.80. The van der Waals surface area contributed by atoms with Crippen molar-refractivity contribution in [1.29, 1.82) is 0 Å². The molecule has 0 amide bonds. The molecule has 4 heteroatoms. The molecule has 1 aliphatic rings. The zero-order valence-corrected chi connectivity index (χ0v) is 28.7. The molecule has 0 saturated heterocycles. The molecule has 0 saturated carbocycles. The van der Waals surface area contributed by atoms with E-state index in [0.717, 1.165) is 22.3 Å². The Hall–Kier alpha value is -5.97. The summed E-state index contributed by atoms with van der Waals surface area (Å²) in [6.07, 6.45) is 0. The Morgan fingerprint density at radius 3 is 1.40 bits per heavy atom. The van der Waals surface area contributed by atoms with E-state index in [1.54, 1.807) is 0 Å². The van der Waals surface area contributed by atoms with Crippen molar-refractivity contribution in [2.75, 3.05) is 0 Å². The third kappa shape index (κ3) is 5.17. The summed E-state index contributed by atoms with van der Waals surface area (Å²) in [5, 5.41) is 0. The van der Waals surface area contributed by atoms with Gasteiger partial charge >= 0.3 is 0 Å². The molecule has 0 spiro atoms. The fourth-order valence-corrected chi connectivity index (χ4v) is 8.72. The van der Waals surface area contributed by atoms with Crippen LogP contribution in [0.15, 0.2) is 164 Å². The van der Waals surface area contributed by atoms with E-state index < -0.39 is 0 Å². The number of fused-ring (bicyclic) bond motifs is 3. The van der Waals surface area contributed by atoms with E-state index >= 15 is 0 Å². The van der Waals surface area contributed by atoms with Crippen molar-refractivity contribution in [3.05, 3.63) is 175 Å². The molecule has 8 aromatic rings. The van der Waals surface area contributed by atoms with Crippen LogP contribution in [0.2, 0.25) is 0 Å². The van der Waals surface area contributed by atoms with Crippen molar-refractivity contribution in [3.63, 3.8) is 0 Å². The third-order valence-electron chi connectivity index (χ3n) is 9.72. The normalized spacial score (nSPS) is 12.8. The summed E-state index contributed by atoms with van der Waals surface area (Å²) in [6, 6.07) is 57.6. The van der Waals surface area contributed by atoms with Gasteiger partial charge in [-0.2, -0.15) is 0 Å². The number of thiophene rings is 1. The highest BCUT2D eigenvalue weighted by atomic mass is 32.1. The molecule has 0 aliphatic heterocycles. The van der Waals surface area contributed by atoms with Gasteiger partial charge in [0, 0.05) is 37.4 Å². The van der Waals surface area contributed by atoms with Crippen molar-refractivity contribution in [1.82, 2.24) is 15.0 Å². The minimum Gasteiger partial charge on any atom is -0.208 e. The van der Waals surface area contributed by atoms with E-state index in [4.69, 9.17) is 15.0 Å². The second-order valence-electron chi connectivity index (χ2n) is 13.2. The molecular weight excluding hydrogens is 627 g/mol. The fourth-order valence-electron chi connectivity index (χ4n) is 7.24. The van der Waals surface area contributed by atoms with Gasteiger partial charge in [0.05, 0.1) is 0 Å². The van der Waals surface area contributed by atoms with Gasteiger partial charge in [0.15, 0.2) is 17.5 Å². The van der Waals surface area contributed by atoms with Crippen LogP contribution in [0.5, 0.6) is 0 Å². The van der Waals surface area contributed by atoms with Gasteiger partial charge in [-0.15, -0.1) is 11.3 Å². The lowest BCUT2D eigenvalue weighted by molar-refractivity contribution is 0.664. The highest BCUT2D eigenvalue weighted by molar-refractivity contribution is 7.19. The Morgan fingerprint density at radius 1 is 0.400 bits per heavy atom. The maximum Gasteiger partial charge on any atom is 0.164 e. The minimum absolute atomic E-state index is 0.184. The van der Waals surface area contributed by atoms with Crippen LogP contribution >= 0.6 is 11.3 Å². The van der Waals surface area contributed by atoms with Crippen LogP contribution in [0.25, 0.3) is 77.3 Å². The van der Waals surface area contributed by atoms with Gasteiger partial charge in [-0.25, -0.2) is 15.0 Å². The van der Waals surface area contributed by atoms with Crippen LogP contribution < -0.4 is 0 Å². The van der Waals surface area contributed by atoms with Gasteiger partial charge < -0.3 is 0 Å². The average Bonchev–Trinajstić information content (AvgIpc) is 3.70. The third-order valence-corrected chi connectivity index (χ3v) is 11.0. The maximum atomic E-state index is 4.99. The van der Waals surface area contributed by atoms with E-state index in [1.807, 2.05) is 72.0 Å². The monoisotopic (exact) mass is 659 g/mol. The number of aromatic nitrogens is 3. The molecule has 0 N–H and O–H groups in total. The molecule has 238 valence electrons. The van der Waals surface area contributed by atoms with Crippen molar-refractivity contribution in [2.24, 2.45) is 0 Å². The molecule has 6 aromatic carbocycles. The van der Waals surface area contributed by atoms with Crippen LogP contribution in [0, 0.1) is 0 Å². The van der Waals surface area contributed by atoms with Crippen molar-refractivity contribution >= 4 is 11.3 Å². The molecule has 0 fully saturated rings. The zero-order chi connectivity index (χ0) is 33.7. The van der Waals surface area contributed by atoms with Gasteiger partial charge in [0.25, 0.3) is 0 Å². The lowest BCUT2D eigenvalue weighted by Crippen LogP contribution is -2.15. The quantitative estimate of drug-likeness (QED) is 0.178. The number of benzene rings is 6. The summed E-state index contributed by atoms with van der Waals surface area (Å²) < 4.78 is 0. The second kappa shape index (κ2) is 12.2. The van der Waals surface area contributed by atoms with Crippen molar-refractivity contribution in [2.45, 2.75) is 19.3 Å². The Balaban J connectivity index is 1.16. The molecule has 2 aromatic heterocycles. The van der Waals surface area contributed by atoms with Gasteiger partial charge in [0.2, 0.25) is 0 Å². The van der Waals surface area contributed by atoms with Crippen LogP contribution in [0.1, 0.15) is 25.0 Å². The predicted molar refractivity (Wildman–Crippen MR) is 208 cm³/mol. The molecular formula is C46H33N3S. The highest BCUT2D eigenvalue weighted by Crippen LogP contribution is 2.59. The Kier molecular flexibility index (Phi) is 7.33. The molecule has 2 heterocycles. The van der Waals surface area contributed by atoms with E-state index in [0.29, 0.717) is 17.5 Å². The predicted octanol–water partition coefficient (Wildman–Crippen LogP) is 12.2. The molecule has 9 rings (SSSR count). The fraction of sp³-hybridized carbons (Fsp3) is 0.0652. The summed E-state index contributed by atoms with van der Waals surface area (Å²) in [6.45, 7) is 4.76. The number of nitrogens with zero attached hydrogens (tertiary/aromatic N) is 3. The van der Waals surface area contributed by atoms with E-state index in [-0.39, 0.29) is 5.41 Å². The van der Waals surface area contributed by atoms with Crippen LogP contribution in [-0.2, 0) is 5.41 Å². The number of hydrogen-bond donors (Lipinski definition) is 0. The van der Waals surface area contributed by atoms with Gasteiger partial charge in [-0.3, -0.25) is 0 Å². The van der Waals surface area contributed by atoms with Gasteiger partial charge in [0.1, 0.15) is 0 Å². The van der Waals surface area contributed by atoms with Gasteiger partial charge in [-0.1, -0.05) is 166 Å². The van der Waals surface area contributed by atoms with Crippen LogP contribution in [0.4, 0.5) is 0 Å². The first-order valence-corrected chi connectivity index (χ1v) is 17.8. The Morgan fingerprint density at radius 2 is 0.840 bits per heavy atom. The first kappa shape index (κ1) is 30.1. The summed E-state index contributed by atoms with van der Waals surface area (Å²) in [5.41, 5.74) is 13.0. The molecule has 1 aliphatic carbocycles. The molecule has 3 nitrogen and oxygen atoms in total. The maximum absolute atomic E-state index is 4.99. The zero-order valence-electron chi connectivity index (χ0n) is 27.8. The van der Waals surface area contributed by atoms with Crippen molar-refractivity contribution in [3.8, 4) is 77.3 Å². The van der Waals surface area contributed by atoms with E-state index in [2.05, 4.69) is 117 Å². The van der Waals surface area contributed by atoms with Crippen molar-refractivity contribution < 1.29 is 0 Å². The standard InChI is InChI=1S/C46H33N3S/c1-46(2)38-29-35(26-27-37(38)39-40(46)42(31-18-9-4-10-19-31)50-41(39)30-16-7-3-8-17-30)34-24-15-25-36(28-34)45-48-43(32-20-11-5-12-21-32)47-44(49-45)33-22-13-6-14-23-33/h3-29H,1-2H3. The molecule has 0 atom stereocenters. The summed E-state index contributed by atoms with van der Waals surface area (Å²) in [4.78, 5) is 17.6. The number of hydrogen-bond acceptors (Lipinski definition) is 4. The Bertz CT molecular complexity index is 2430. The highest BCUT2D eigenvalue weighted by Gasteiger charge is 2.41. The first-order chi connectivity index (χ1) is 24.5. The minimum atomic E-state index is -0.184. The van der Waals surface area contributed by atoms with E-state index in [9.17, 15) is 0 Å². The second-order valence-corrected chi connectivity index (χ2v) is 14.3. The Labute approximate surface area is 296 Å². The van der Waals surface area contributed by atoms with E-state index in [1.165, 1.54) is 48.7 Å². The van der Waals surface area contributed by atoms with Crippen LogP contribution in [0.3, 0.4) is 0 Å². The van der Waals surface area contributed by atoms with Crippen LogP contribution in [-0.4, -0.2) is 15.0 Å². The molecule has 0 radical (unpaired) electrons. The first-order valence-electron chi connectivity index (χ1n) is 17.0. The molecule has 50 heavy (non-hydrogen) atoms. The average molecular weight is 660 g/mol. The smallest absolute Gasteiger partial charge is 0.164 e. The lowest BCUT2D eigenvalue weighted by Gasteiger charge is -2.23. The largest absolute Gasteiger partial charge is 0.208 e. The van der Waals surface area contributed by atoms with Gasteiger partial charge in [-0.05, 0) is 51.1 Å². The topological polar surface area (TPSA) is 38.7 Å². The summed E-state index contributed by atoms with van der Waals surface area (Å²) >= 11 is 1.91. The molecule has 0 unspecified atom stereocenters. The summed E-state index contributed by atoms with van der Waals surface area (Å²) in [7, 11) is 0.